The van der Waals surface area contributed by atoms with Crippen LogP contribution in [0.3, 0.4) is 0 Å². The highest BCUT2D eigenvalue weighted by Gasteiger charge is 2.25. The quantitative estimate of drug-likeness (QED) is 0.870. The zero-order chi connectivity index (χ0) is 17.3. The number of hydrogen-bond acceptors (Lipinski definition) is 3. The molecule has 3 rings (SSSR count). The minimum absolute atomic E-state index is 0.135. The van der Waals surface area contributed by atoms with Crippen molar-refractivity contribution >= 4 is 11.6 Å². The number of amides is 1. The lowest BCUT2D eigenvalue weighted by Gasteiger charge is -2.36. The number of nitrogens with zero attached hydrogens (tertiary/aromatic N) is 3. The molecule has 5 heteroatoms. The molecule has 5 nitrogen and oxygen atoms in total. The van der Waals surface area contributed by atoms with Crippen LogP contribution in [0.25, 0.3) is 0 Å². The predicted octanol–water partition coefficient (Wildman–Crippen LogP) is 2.61. The standard InChI is InChI=1S/C19H25N3O2/c1-14-13-16(15(2)20(14)3)19(23)22-11-9-21(10-12-22)17-7-5-6-8-18(17)24-4/h5-8,13H,9-12H2,1-4H3. The number of ether oxygens (including phenoxy) is 1. The zero-order valence-corrected chi connectivity index (χ0v) is 14.9. The van der Waals surface area contributed by atoms with E-state index in [0.717, 1.165) is 54.6 Å². The smallest absolute Gasteiger partial charge is 0.255 e. The number of aryl methyl sites for hydroxylation is 1. The minimum atomic E-state index is 0.135. The Morgan fingerprint density at radius 3 is 2.33 bits per heavy atom. The fourth-order valence-corrected chi connectivity index (χ4v) is 3.28. The lowest BCUT2D eigenvalue weighted by atomic mass is 10.2. The topological polar surface area (TPSA) is 37.7 Å². The Morgan fingerprint density at radius 2 is 1.75 bits per heavy atom. The van der Waals surface area contributed by atoms with E-state index in [2.05, 4.69) is 15.5 Å². The highest BCUT2D eigenvalue weighted by molar-refractivity contribution is 5.96. The van der Waals surface area contributed by atoms with Crippen molar-refractivity contribution in [1.82, 2.24) is 9.47 Å². The normalized spacial score (nSPS) is 14.8. The molecule has 1 aliphatic rings. The average molecular weight is 327 g/mol. The van der Waals surface area contributed by atoms with Crippen LogP contribution in [0.2, 0.25) is 0 Å². The second-order valence-electron chi connectivity index (χ2n) is 6.29. The van der Waals surface area contributed by atoms with Crippen LogP contribution >= 0.6 is 0 Å². The van der Waals surface area contributed by atoms with Gasteiger partial charge in [-0.3, -0.25) is 4.79 Å². The van der Waals surface area contributed by atoms with Gasteiger partial charge in [0, 0.05) is 44.6 Å². The Balaban J connectivity index is 1.71. The second-order valence-corrected chi connectivity index (χ2v) is 6.29. The van der Waals surface area contributed by atoms with Crippen LogP contribution < -0.4 is 9.64 Å². The average Bonchev–Trinajstić information content (AvgIpc) is 2.88. The Hall–Kier alpha value is -2.43. The van der Waals surface area contributed by atoms with Gasteiger partial charge in [0.15, 0.2) is 0 Å². The lowest BCUT2D eigenvalue weighted by Crippen LogP contribution is -2.49. The third kappa shape index (κ3) is 2.86. The molecule has 0 spiro atoms. The maximum atomic E-state index is 12.8. The number of carbonyl (C=O) groups is 1. The first-order chi connectivity index (χ1) is 11.5. The van der Waals surface area contributed by atoms with Crippen molar-refractivity contribution in [3.63, 3.8) is 0 Å². The molecule has 1 amide bonds. The number of aromatic nitrogens is 1. The highest BCUT2D eigenvalue weighted by atomic mass is 16.5. The van der Waals surface area contributed by atoms with E-state index in [9.17, 15) is 4.79 Å². The first kappa shape index (κ1) is 16.4. The van der Waals surface area contributed by atoms with Crippen LogP contribution in [0.15, 0.2) is 30.3 Å². The first-order valence-electron chi connectivity index (χ1n) is 8.33. The van der Waals surface area contributed by atoms with E-state index in [1.807, 2.05) is 50.1 Å². The van der Waals surface area contributed by atoms with E-state index in [0.29, 0.717) is 0 Å². The van der Waals surface area contributed by atoms with E-state index in [4.69, 9.17) is 4.74 Å². The van der Waals surface area contributed by atoms with Gasteiger partial charge in [-0.2, -0.15) is 0 Å². The summed E-state index contributed by atoms with van der Waals surface area (Å²) in [5, 5.41) is 0. The number of rotatable bonds is 3. The Morgan fingerprint density at radius 1 is 1.08 bits per heavy atom. The SMILES string of the molecule is COc1ccccc1N1CCN(C(=O)c2cc(C)n(C)c2C)CC1. The minimum Gasteiger partial charge on any atom is -0.495 e. The molecule has 0 bridgehead atoms. The summed E-state index contributed by atoms with van der Waals surface area (Å²) in [6.07, 6.45) is 0. The van der Waals surface area contributed by atoms with Crippen molar-refractivity contribution in [1.29, 1.82) is 0 Å². The number of methoxy groups -OCH3 is 1. The van der Waals surface area contributed by atoms with E-state index < -0.39 is 0 Å². The maximum absolute atomic E-state index is 12.8. The van der Waals surface area contributed by atoms with Gasteiger partial charge in [0.05, 0.1) is 18.4 Å². The summed E-state index contributed by atoms with van der Waals surface area (Å²) >= 11 is 0. The van der Waals surface area contributed by atoms with Gasteiger partial charge < -0.3 is 19.1 Å². The van der Waals surface area contributed by atoms with Crippen LogP contribution in [-0.2, 0) is 7.05 Å². The summed E-state index contributed by atoms with van der Waals surface area (Å²) in [6.45, 7) is 7.12. The molecule has 0 radical (unpaired) electrons. The summed E-state index contributed by atoms with van der Waals surface area (Å²) in [7, 11) is 3.69. The third-order valence-electron chi connectivity index (χ3n) is 5.00. The predicted molar refractivity (Wildman–Crippen MR) is 96.0 cm³/mol. The third-order valence-corrected chi connectivity index (χ3v) is 5.00. The molecule has 2 aromatic rings. The molecule has 0 aliphatic carbocycles. The van der Waals surface area contributed by atoms with Gasteiger partial charge in [0.2, 0.25) is 0 Å². The van der Waals surface area contributed by atoms with E-state index in [1.54, 1.807) is 7.11 Å². The first-order valence-corrected chi connectivity index (χ1v) is 8.33. The molecule has 0 unspecified atom stereocenters. The molecule has 1 aromatic carbocycles. The van der Waals surface area contributed by atoms with E-state index in [1.165, 1.54) is 0 Å². The summed E-state index contributed by atoms with van der Waals surface area (Å²) in [6, 6.07) is 10.0. The molecule has 1 fully saturated rings. The number of para-hydroxylation sites is 2. The molecule has 0 atom stereocenters. The second kappa shape index (κ2) is 6.59. The van der Waals surface area contributed by atoms with Crippen LogP contribution in [0.5, 0.6) is 5.75 Å². The van der Waals surface area contributed by atoms with Crippen molar-refractivity contribution in [2.45, 2.75) is 13.8 Å². The molecule has 2 heterocycles. The van der Waals surface area contributed by atoms with Gasteiger partial charge in [-0.15, -0.1) is 0 Å². The van der Waals surface area contributed by atoms with Crippen LogP contribution in [-0.4, -0.2) is 48.7 Å². The summed E-state index contributed by atoms with van der Waals surface area (Å²) < 4.78 is 7.52. The number of hydrogen-bond donors (Lipinski definition) is 0. The van der Waals surface area contributed by atoms with Gasteiger partial charge in [-0.25, -0.2) is 0 Å². The van der Waals surface area contributed by atoms with E-state index in [-0.39, 0.29) is 5.91 Å². The largest absolute Gasteiger partial charge is 0.495 e. The number of piperazine rings is 1. The molecule has 1 saturated heterocycles. The lowest BCUT2D eigenvalue weighted by molar-refractivity contribution is 0.0746. The Labute approximate surface area is 143 Å². The van der Waals surface area contributed by atoms with Crippen molar-refractivity contribution in [3.05, 3.63) is 47.3 Å². The number of carbonyl (C=O) groups excluding carboxylic acids is 1. The van der Waals surface area contributed by atoms with Crippen LogP contribution in [0.1, 0.15) is 21.7 Å². The molecule has 0 saturated carbocycles. The van der Waals surface area contributed by atoms with Crippen LogP contribution in [0, 0.1) is 13.8 Å². The molecule has 128 valence electrons. The van der Waals surface area contributed by atoms with Gasteiger partial charge in [0.25, 0.3) is 5.91 Å². The zero-order valence-electron chi connectivity index (χ0n) is 14.9. The number of anilines is 1. The Bertz CT molecular complexity index is 743. The Kier molecular flexibility index (Phi) is 4.51. The van der Waals surface area contributed by atoms with Crippen molar-refractivity contribution in [2.24, 2.45) is 7.05 Å². The van der Waals surface area contributed by atoms with Gasteiger partial charge >= 0.3 is 0 Å². The summed E-state index contributed by atoms with van der Waals surface area (Å²) in [5.74, 6) is 1.02. The van der Waals surface area contributed by atoms with Crippen molar-refractivity contribution in [3.8, 4) is 5.75 Å². The monoisotopic (exact) mass is 327 g/mol. The fraction of sp³-hybridized carbons (Fsp3) is 0.421. The number of benzene rings is 1. The van der Waals surface area contributed by atoms with E-state index >= 15 is 0 Å². The maximum Gasteiger partial charge on any atom is 0.255 e. The van der Waals surface area contributed by atoms with Crippen LogP contribution in [0.4, 0.5) is 5.69 Å². The fourth-order valence-electron chi connectivity index (χ4n) is 3.28. The van der Waals surface area contributed by atoms with Gasteiger partial charge in [0.1, 0.15) is 5.75 Å². The van der Waals surface area contributed by atoms with Gasteiger partial charge in [-0.05, 0) is 32.0 Å². The van der Waals surface area contributed by atoms with Crippen molar-refractivity contribution in [2.75, 3.05) is 38.2 Å². The molecule has 24 heavy (non-hydrogen) atoms. The molecule has 0 N–H and O–H groups in total. The highest BCUT2D eigenvalue weighted by Crippen LogP contribution is 2.28. The van der Waals surface area contributed by atoms with Crippen molar-refractivity contribution < 1.29 is 9.53 Å². The molecule has 1 aromatic heterocycles. The summed E-state index contributed by atoms with van der Waals surface area (Å²) in [5.41, 5.74) is 4.06. The molecular weight excluding hydrogens is 302 g/mol. The molecular formula is C19H25N3O2. The summed E-state index contributed by atoms with van der Waals surface area (Å²) in [4.78, 5) is 17.1. The van der Waals surface area contributed by atoms with Gasteiger partial charge in [-0.1, -0.05) is 12.1 Å². The molecule has 1 aliphatic heterocycles.